The predicted molar refractivity (Wildman–Crippen MR) is 67.2 cm³/mol. The molecule has 1 heterocycles. The second-order valence-electron chi connectivity index (χ2n) is 4.44. The number of rotatable bonds is 3. The highest BCUT2D eigenvalue weighted by molar-refractivity contribution is 9.09. The summed E-state index contributed by atoms with van der Waals surface area (Å²) < 4.78 is 0. The Balaban J connectivity index is 1.88. The van der Waals surface area contributed by atoms with E-state index in [-0.39, 0.29) is 0 Å². The number of pyridine rings is 1. The van der Waals surface area contributed by atoms with Crippen molar-refractivity contribution in [1.82, 2.24) is 4.98 Å². The van der Waals surface area contributed by atoms with E-state index in [2.05, 4.69) is 33.0 Å². The summed E-state index contributed by atoms with van der Waals surface area (Å²) in [5, 5.41) is 0. The van der Waals surface area contributed by atoms with E-state index in [0.717, 1.165) is 12.3 Å². The van der Waals surface area contributed by atoms with Crippen LogP contribution in [0.25, 0.3) is 0 Å². The molecule has 0 N–H and O–H groups in total. The van der Waals surface area contributed by atoms with Gasteiger partial charge >= 0.3 is 0 Å². The Hall–Kier alpha value is -0.370. The van der Waals surface area contributed by atoms with Gasteiger partial charge < -0.3 is 0 Å². The smallest absolute Gasteiger partial charge is 0.0414 e. The third-order valence-electron chi connectivity index (χ3n) is 3.29. The van der Waals surface area contributed by atoms with Crippen LogP contribution in [-0.2, 0) is 6.42 Å². The number of nitrogens with zero attached hydrogens (tertiary/aromatic N) is 1. The molecule has 0 aliphatic heterocycles. The Morgan fingerprint density at radius 1 is 1.27 bits per heavy atom. The molecule has 1 aliphatic rings. The number of halogens is 1. The minimum absolute atomic E-state index is 0.618. The van der Waals surface area contributed by atoms with Crippen molar-refractivity contribution in [2.75, 3.05) is 0 Å². The van der Waals surface area contributed by atoms with Crippen LogP contribution in [0.1, 0.15) is 37.8 Å². The van der Waals surface area contributed by atoms with Gasteiger partial charge in [0.05, 0.1) is 0 Å². The lowest BCUT2D eigenvalue weighted by molar-refractivity contribution is 0.350. The lowest BCUT2D eigenvalue weighted by atomic mass is 9.85. The second-order valence-corrected chi connectivity index (χ2v) is 5.62. The zero-order chi connectivity index (χ0) is 10.5. The zero-order valence-corrected chi connectivity index (χ0v) is 10.6. The van der Waals surface area contributed by atoms with Crippen LogP contribution in [0.2, 0.25) is 0 Å². The van der Waals surface area contributed by atoms with Gasteiger partial charge in [0, 0.05) is 23.1 Å². The Labute approximate surface area is 100 Å². The molecule has 1 saturated carbocycles. The van der Waals surface area contributed by atoms with Crippen molar-refractivity contribution < 1.29 is 0 Å². The summed E-state index contributed by atoms with van der Waals surface area (Å²) in [4.78, 5) is 5.00. The van der Waals surface area contributed by atoms with E-state index in [9.17, 15) is 0 Å². The first-order valence-corrected chi connectivity index (χ1v) is 6.82. The summed E-state index contributed by atoms with van der Waals surface area (Å²) in [6, 6.07) is 6.17. The van der Waals surface area contributed by atoms with Gasteiger partial charge in [-0.3, -0.25) is 4.98 Å². The first-order valence-electron chi connectivity index (χ1n) is 5.90. The SMILES string of the molecule is BrC(Cc1ccccn1)C1CCCCC1. The number of hydrogen-bond donors (Lipinski definition) is 0. The molecule has 1 nitrogen and oxygen atoms in total. The van der Waals surface area contributed by atoms with Gasteiger partial charge in [-0.1, -0.05) is 41.3 Å². The summed E-state index contributed by atoms with van der Waals surface area (Å²) in [6.45, 7) is 0. The molecule has 2 heteroatoms. The fourth-order valence-electron chi connectivity index (χ4n) is 2.38. The molecule has 1 atom stereocenters. The van der Waals surface area contributed by atoms with Crippen LogP contribution in [-0.4, -0.2) is 9.81 Å². The Kier molecular flexibility index (Phi) is 4.18. The summed E-state index contributed by atoms with van der Waals surface area (Å²) in [7, 11) is 0. The highest BCUT2D eigenvalue weighted by Gasteiger charge is 2.21. The molecule has 0 amide bonds. The predicted octanol–water partition coefficient (Wildman–Crippen LogP) is 3.97. The Bertz CT molecular complexity index is 280. The van der Waals surface area contributed by atoms with Crippen LogP contribution in [0.3, 0.4) is 0 Å². The van der Waals surface area contributed by atoms with Crippen LogP contribution in [0.5, 0.6) is 0 Å². The van der Waals surface area contributed by atoms with E-state index in [1.807, 2.05) is 12.3 Å². The molecule has 15 heavy (non-hydrogen) atoms. The molecule has 0 aromatic carbocycles. The van der Waals surface area contributed by atoms with Crippen LogP contribution < -0.4 is 0 Å². The van der Waals surface area contributed by atoms with Crippen LogP contribution in [0, 0.1) is 5.92 Å². The van der Waals surface area contributed by atoms with Crippen LogP contribution in [0.15, 0.2) is 24.4 Å². The van der Waals surface area contributed by atoms with Crippen molar-refractivity contribution in [1.29, 1.82) is 0 Å². The zero-order valence-electron chi connectivity index (χ0n) is 9.03. The van der Waals surface area contributed by atoms with Gasteiger partial charge in [0.15, 0.2) is 0 Å². The third-order valence-corrected chi connectivity index (χ3v) is 4.36. The third kappa shape index (κ3) is 3.30. The van der Waals surface area contributed by atoms with Crippen molar-refractivity contribution in [3.05, 3.63) is 30.1 Å². The molecular weight excluding hydrogens is 250 g/mol. The highest BCUT2D eigenvalue weighted by atomic mass is 79.9. The van der Waals surface area contributed by atoms with E-state index in [1.54, 1.807) is 0 Å². The number of aromatic nitrogens is 1. The van der Waals surface area contributed by atoms with Gasteiger partial charge in [0.2, 0.25) is 0 Å². The second kappa shape index (κ2) is 5.64. The first-order chi connectivity index (χ1) is 7.36. The Morgan fingerprint density at radius 2 is 2.07 bits per heavy atom. The summed E-state index contributed by atoms with van der Waals surface area (Å²) in [6.07, 6.45) is 10.00. The average molecular weight is 268 g/mol. The van der Waals surface area contributed by atoms with Gasteiger partial charge in [0.1, 0.15) is 0 Å². The van der Waals surface area contributed by atoms with E-state index in [0.29, 0.717) is 4.83 Å². The fourth-order valence-corrected chi connectivity index (χ4v) is 3.24. The molecule has 82 valence electrons. The largest absolute Gasteiger partial charge is 0.261 e. The van der Waals surface area contributed by atoms with E-state index >= 15 is 0 Å². The molecular formula is C13H18BrN. The van der Waals surface area contributed by atoms with Crippen molar-refractivity contribution in [3.8, 4) is 0 Å². The quantitative estimate of drug-likeness (QED) is 0.756. The van der Waals surface area contributed by atoms with Gasteiger partial charge in [-0.15, -0.1) is 0 Å². The lowest BCUT2D eigenvalue weighted by Crippen LogP contribution is -2.20. The lowest BCUT2D eigenvalue weighted by Gasteiger charge is -2.26. The topological polar surface area (TPSA) is 12.9 Å². The average Bonchev–Trinajstić information content (AvgIpc) is 2.31. The highest BCUT2D eigenvalue weighted by Crippen LogP contribution is 2.31. The maximum atomic E-state index is 4.38. The van der Waals surface area contributed by atoms with E-state index in [4.69, 9.17) is 0 Å². The van der Waals surface area contributed by atoms with Gasteiger partial charge in [-0.25, -0.2) is 0 Å². The molecule has 1 aromatic heterocycles. The molecule has 0 saturated heterocycles. The van der Waals surface area contributed by atoms with Crippen molar-refractivity contribution in [2.24, 2.45) is 5.92 Å². The number of alkyl halides is 1. The minimum atomic E-state index is 0.618. The monoisotopic (exact) mass is 267 g/mol. The standard InChI is InChI=1S/C13H18BrN/c14-13(11-6-2-1-3-7-11)10-12-8-4-5-9-15-12/h4-5,8-9,11,13H,1-3,6-7,10H2. The van der Waals surface area contributed by atoms with Crippen molar-refractivity contribution in [3.63, 3.8) is 0 Å². The number of hydrogen-bond acceptors (Lipinski definition) is 1. The Morgan fingerprint density at radius 3 is 2.73 bits per heavy atom. The maximum absolute atomic E-state index is 4.38. The maximum Gasteiger partial charge on any atom is 0.0414 e. The summed E-state index contributed by atoms with van der Waals surface area (Å²) >= 11 is 3.84. The van der Waals surface area contributed by atoms with Crippen LogP contribution in [0.4, 0.5) is 0 Å². The van der Waals surface area contributed by atoms with Crippen molar-refractivity contribution in [2.45, 2.75) is 43.4 Å². The molecule has 0 radical (unpaired) electrons. The normalized spacial score (nSPS) is 20.1. The molecule has 0 spiro atoms. The van der Waals surface area contributed by atoms with E-state index < -0.39 is 0 Å². The minimum Gasteiger partial charge on any atom is -0.261 e. The fraction of sp³-hybridized carbons (Fsp3) is 0.615. The first kappa shape index (κ1) is 11.1. The molecule has 1 fully saturated rings. The molecule has 2 rings (SSSR count). The van der Waals surface area contributed by atoms with Gasteiger partial charge in [-0.2, -0.15) is 0 Å². The molecule has 1 aromatic rings. The molecule has 1 aliphatic carbocycles. The van der Waals surface area contributed by atoms with Crippen LogP contribution >= 0.6 is 15.9 Å². The van der Waals surface area contributed by atoms with E-state index in [1.165, 1.54) is 37.8 Å². The van der Waals surface area contributed by atoms with Gasteiger partial charge in [0.25, 0.3) is 0 Å². The summed E-state index contributed by atoms with van der Waals surface area (Å²) in [5.74, 6) is 0.862. The summed E-state index contributed by atoms with van der Waals surface area (Å²) in [5.41, 5.74) is 1.21. The van der Waals surface area contributed by atoms with Gasteiger partial charge in [-0.05, 0) is 30.9 Å². The molecule has 1 unspecified atom stereocenters. The molecule has 0 bridgehead atoms. The van der Waals surface area contributed by atoms with Crippen molar-refractivity contribution >= 4 is 15.9 Å².